The lowest BCUT2D eigenvalue weighted by Gasteiger charge is -2.43. The summed E-state index contributed by atoms with van der Waals surface area (Å²) in [4.78, 5) is 58.2. The fourth-order valence-electron chi connectivity index (χ4n) is 9.62. The van der Waals surface area contributed by atoms with Gasteiger partial charge in [-0.05, 0) is 103 Å². The van der Waals surface area contributed by atoms with Crippen LogP contribution in [0.25, 0.3) is 22.0 Å². The minimum absolute atomic E-state index is 0.185. The summed E-state index contributed by atoms with van der Waals surface area (Å²) in [7, 11) is -1.19. The van der Waals surface area contributed by atoms with Crippen molar-refractivity contribution in [2.75, 3.05) is 81.8 Å². The van der Waals surface area contributed by atoms with Crippen molar-refractivity contribution in [3.63, 3.8) is 0 Å². The number of pyridine rings is 1. The molecule has 0 spiro atoms. The zero-order chi connectivity index (χ0) is 46.3. The van der Waals surface area contributed by atoms with Crippen molar-refractivity contribution < 1.29 is 27.7 Å². The molecule has 3 aliphatic rings. The highest BCUT2D eigenvalue weighted by atomic mass is 79.9. The van der Waals surface area contributed by atoms with Gasteiger partial charge in [0.05, 0.1) is 40.2 Å². The zero-order valence-corrected chi connectivity index (χ0v) is 39.9. The predicted octanol–water partition coefficient (Wildman–Crippen LogP) is 6.95. The maximum atomic E-state index is 14.0. The van der Waals surface area contributed by atoms with Crippen molar-refractivity contribution in [1.29, 1.82) is 0 Å². The first-order chi connectivity index (χ1) is 31.8. The molecule has 1 atom stereocenters. The van der Waals surface area contributed by atoms with Crippen molar-refractivity contribution in [3.05, 3.63) is 92.9 Å². The summed E-state index contributed by atoms with van der Waals surface area (Å²) in [5.74, 6) is -0.362. The number of carbonyl (C=O) groups is 2. The van der Waals surface area contributed by atoms with Gasteiger partial charge in [0, 0.05) is 93.0 Å². The number of fused-ring (bicyclic) bond motifs is 2. The van der Waals surface area contributed by atoms with Crippen LogP contribution in [0.3, 0.4) is 0 Å². The Hall–Kier alpha value is -5.68. The Morgan fingerprint density at radius 2 is 1.73 bits per heavy atom. The number of amides is 2. The monoisotopic (exact) mass is 982 g/mol. The highest BCUT2D eigenvalue weighted by molar-refractivity contribution is 9.10. The van der Waals surface area contributed by atoms with Crippen molar-refractivity contribution in [3.8, 4) is 5.75 Å². The summed E-state index contributed by atoms with van der Waals surface area (Å²) < 4.78 is 41.1. The third-order valence-corrected chi connectivity index (χ3v) is 15.2. The van der Waals surface area contributed by atoms with Crippen molar-refractivity contribution in [2.24, 2.45) is 0 Å². The molecule has 3 fully saturated rings. The van der Waals surface area contributed by atoms with Gasteiger partial charge in [-0.15, -0.1) is 0 Å². The molecular formula is C47H53BrFN10O6P. The van der Waals surface area contributed by atoms with Crippen LogP contribution in [-0.4, -0.2) is 113 Å². The van der Waals surface area contributed by atoms with E-state index in [2.05, 4.69) is 75.6 Å². The van der Waals surface area contributed by atoms with E-state index in [0.29, 0.717) is 61.0 Å². The fourth-order valence-corrected chi connectivity index (χ4v) is 11.4. The van der Waals surface area contributed by atoms with E-state index >= 15 is 0 Å². The van der Waals surface area contributed by atoms with Crippen LogP contribution >= 0.6 is 23.1 Å². The van der Waals surface area contributed by atoms with Gasteiger partial charge in [0.25, 0.3) is 0 Å². The van der Waals surface area contributed by atoms with E-state index in [1.807, 2.05) is 18.2 Å². The van der Waals surface area contributed by atoms with Crippen LogP contribution in [0.15, 0.2) is 74.6 Å². The molecule has 66 heavy (non-hydrogen) atoms. The highest BCUT2D eigenvalue weighted by Gasteiger charge is 2.32. The molecule has 1 unspecified atom stereocenters. The van der Waals surface area contributed by atoms with Gasteiger partial charge < -0.3 is 34.2 Å². The lowest BCUT2D eigenvalue weighted by molar-refractivity contribution is -0.135. The summed E-state index contributed by atoms with van der Waals surface area (Å²) in [5.41, 5.74) is 6.09. The van der Waals surface area contributed by atoms with E-state index < -0.39 is 30.7 Å². The number of hydrogen-bond donors (Lipinski definition) is 3. The number of ether oxygens (including phenoxy) is 1. The van der Waals surface area contributed by atoms with Gasteiger partial charge in [-0.1, -0.05) is 13.0 Å². The summed E-state index contributed by atoms with van der Waals surface area (Å²) in [6, 6.07) is 14.0. The molecule has 6 aromatic rings. The third kappa shape index (κ3) is 9.46. The lowest BCUT2D eigenvalue weighted by Crippen LogP contribution is -2.53. The predicted molar refractivity (Wildman–Crippen MR) is 258 cm³/mol. The molecule has 346 valence electrons. The Morgan fingerprint density at radius 1 is 0.939 bits per heavy atom. The van der Waals surface area contributed by atoms with E-state index in [1.54, 1.807) is 38.9 Å². The maximum Gasteiger partial charge on any atom is 0.420 e. The van der Waals surface area contributed by atoms with Gasteiger partial charge in [0.15, 0.2) is 5.58 Å². The zero-order valence-electron chi connectivity index (χ0n) is 37.4. The van der Waals surface area contributed by atoms with Gasteiger partial charge in [-0.3, -0.25) is 29.4 Å². The average Bonchev–Trinajstić information content (AvgIpc) is 3.63. The number of piperidine rings is 2. The highest BCUT2D eigenvalue weighted by Crippen LogP contribution is 2.42. The van der Waals surface area contributed by atoms with Gasteiger partial charge in [0.2, 0.25) is 17.8 Å². The fraction of sp³-hybridized carbons (Fsp3) is 0.404. The molecular weight excluding hydrogens is 930 g/mol. The van der Waals surface area contributed by atoms with Gasteiger partial charge in [-0.2, -0.15) is 4.98 Å². The van der Waals surface area contributed by atoms with Crippen LogP contribution in [-0.2, 0) is 27.0 Å². The quantitative estimate of drug-likeness (QED) is 0.0800. The number of aromatic nitrogens is 4. The van der Waals surface area contributed by atoms with E-state index in [4.69, 9.17) is 14.1 Å². The molecule has 9 rings (SSSR count). The van der Waals surface area contributed by atoms with E-state index in [9.17, 15) is 23.3 Å². The van der Waals surface area contributed by atoms with Crippen molar-refractivity contribution in [2.45, 2.75) is 57.5 Å². The number of imide groups is 1. The second kappa shape index (κ2) is 18.9. The molecule has 19 heteroatoms. The summed E-state index contributed by atoms with van der Waals surface area (Å²) >= 11 is 3.56. The normalized spacial score (nSPS) is 18.0. The van der Waals surface area contributed by atoms with Gasteiger partial charge in [0.1, 0.15) is 30.6 Å². The lowest BCUT2D eigenvalue weighted by atomic mass is 9.99. The summed E-state index contributed by atoms with van der Waals surface area (Å²) in [6.45, 7) is 12.3. The Balaban J connectivity index is 0.802. The number of methoxy groups -OCH3 is 1. The van der Waals surface area contributed by atoms with Crippen molar-refractivity contribution in [1.82, 2.24) is 34.6 Å². The molecule has 0 aliphatic carbocycles. The topological polar surface area (TPSA) is 180 Å². The Bertz CT molecular complexity index is 2940. The molecule has 0 saturated carbocycles. The summed E-state index contributed by atoms with van der Waals surface area (Å²) in [5, 5.41) is 10.2. The van der Waals surface area contributed by atoms with Crippen LogP contribution in [0.2, 0.25) is 0 Å². The largest absolute Gasteiger partial charge is 0.494 e. The standard InChI is InChI=1S/C47H53BrFN10O6P/c1-5-29-23-35(53-46-51-26-33(48)44(55-46)52-36-27-50-34-24-30(49)7-8-32(34)43(36)66(3,4)63)40(64-2)25-39(29)58-16-13-31(14-17-58)57-20-18-56(19-21-57)15-12-28-6-9-37-41(22-28)65-47(62)59(37)38-10-11-42(60)54-45(38)61/h6-9,22-27,31,38H,5,10-21H2,1-4H3,(H,54,60,61)(H2,51,52,53,55). The average molecular weight is 984 g/mol. The van der Waals surface area contributed by atoms with E-state index in [1.165, 1.54) is 22.3 Å². The molecule has 0 radical (unpaired) electrons. The number of halogens is 2. The third-order valence-electron chi connectivity index (χ3n) is 13.0. The van der Waals surface area contributed by atoms with Gasteiger partial charge >= 0.3 is 5.76 Å². The molecule has 16 nitrogen and oxygen atoms in total. The maximum absolute atomic E-state index is 14.0. The van der Waals surface area contributed by atoms with Crippen LogP contribution in [0, 0.1) is 5.82 Å². The van der Waals surface area contributed by atoms with E-state index in [-0.39, 0.29) is 18.7 Å². The SMILES string of the molecule is CCc1cc(Nc2ncc(Br)c(Nc3cnc4cc(F)ccc4c3P(C)(C)=O)n2)c(OC)cc1N1CCC(N2CCN(CCc3ccc4c(c3)oc(=O)n4C3CCC(=O)NC3=O)CC2)CC1. The number of nitrogens with one attached hydrogen (secondary N) is 3. The smallest absolute Gasteiger partial charge is 0.420 e. The minimum Gasteiger partial charge on any atom is -0.494 e. The Kier molecular flexibility index (Phi) is 13.0. The number of carbonyl (C=O) groups excluding carboxylic acids is 2. The molecule has 3 aromatic heterocycles. The Labute approximate surface area is 389 Å². The first-order valence-corrected chi connectivity index (χ1v) is 25.8. The number of anilines is 5. The van der Waals surface area contributed by atoms with Crippen LogP contribution < -0.4 is 36.6 Å². The molecule has 2 amide bonds. The van der Waals surface area contributed by atoms with Crippen LogP contribution in [0.1, 0.15) is 49.8 Å². The Morgan fingerprint density at radius 3 is 2.45 bits per heavy atom. The second-order valence-electron chi connectivity index (χ2n) is 17.6. The number of piperazine rings is 1. The van der Waals surface area contributed by atoms with Crippen LogP contribution in [0.4, 0.5) is 33.2 Å². The summed E-state index contributed by atoms with van der Waals surface area (Å²) in [6.07, 6.45) is 7.41. The molecule has 3 N–H and O–H groups in total. The number of oxazole rings is 1. The molecule has 3 aromatic carbocycles. The van der Waals surface area contributed by atoms with Crippen molar-refractivity contribution >= 4 is 91.0 Å². The first-order valence-electron chi connectivity index (χ1n) is 22.4. The molecule has 0 bridgehead atoms. The number of hydrogen-bond acceptors (Lipinski definition) is 14. The number of rotatable bonds is 13. The molecule has 3 saturated heterocycles. The molecule has 6 heterocycles. The first kappa shape index (κ1) is 45.5. The van der Waals surface area contributed by atoms with Crippen LogP contribution in [0.5, 0.6) is 5.75 Å². The number of benzene rings is 3. The second-order valence-corrected chi connectivity index (χ2v) is 21.6. The number of aryl methyl sites for hydroxylation is 1. The number of nitrogens with zero attached hydrogens (tertiary/aromatic N) is 7. The van der Waals surface area contributed by atoms with E-state index in [0.717, 1.165) is 88.4 Å². The van der Waals surface area contributed by atoms with Gasteiger partial charge in [-0.25, -0.2) is 14.2 Å². The molecule has 3 aliphatic heterocycles. The minimum atomic E-state index is -2.85.